The fraction of sp³-hybridized carbons (Fsp3) is 0.429. The first-order valence-electron chi connectivity index (χ1n) is 9.41. The van der Waals surface area contributed by atoms with Gasteiger partial charge in [-0.1, -0.05) is 23.7 Å². The highest BCUT2D eigenvalue weighted by atomic mass is 35.5. The number of hydrogen-bond donors (Lipinski definition) is 1. The number of aromatic nitrogens is 1. The standard InChI is InChI=1S/C21H26ClN3O2/c1-27-18-7-2-5-17(13-18)14-24-20(26)10-9-16-6-4-12-25(15-16)21-19(22)8-3-11-23-21/h2-3,5,7-8,11,13,16H,4,6,9-10,12,14-15H2,1H3,(H,24,26)/t16-/m1/s1. The molecule has 1 fully saturated rings. The van der Waals surface area contributed by atoms with Crippen LogP contribution in [0.3, 0.4) is 0 Å². The predicted octanol–water partition coefficient (Wildman–Crippen LogP) is 4.06. The van der Waals surface area contributed by atoms with Crippen LogP contribution in [0, 0.1) is 5.92 Å². The Morgan fingerprint density at radius 1 is 1.37 bits per heavy atom. The average Bonchev–Trinajstić information content (AvgIpc) is 2.71. The molecule has 5 nitrogen and oxygen atoms in total. The Kier molecular flexibility index (Phi) is 6.93. The van der Waals surface area contributed by atoms with Crippen molar-refractivity contribution in [1.82, 2.24) is 10.3 Å². The molecule has 1 amide bonds. The van der Waals surface area contributed by atoms with Gasteiger partial charge in [-0.15, -0.1) is 0 Å². The smallest absolute Gasteiger partial charge is 0.220 e. The molecule has 0 bridgehead atoms. The number of carbonyl (C=O) groups is 1. The number of rotatable bonds is 7. The molecule has 1 aromatic heterocycles. The normalized spacial score (nSPS) is 16.8. The molecule has 0 unspecified atom stereocenters. The number of benzene rings is 1. The molecule has 3 rings (SSSR count). The van der Waals surface area contributed by atoms with Gasteiger partial charge in [0, 0.05) is 32.3 Å². The Hall–Kier alpha value is -2.27. The summed E-state index contributed by atoms with van der Waals surface area (Å²) in [5, 5.41) is 3.69. The van der Waals surface area contributed by atoms with E-state index in [1.807, 2.05) is 36.4 Å². The SMILES string of the molecule is COc1cccc(CNC(=O)CC[C@H]2CCCN(c3ncccc3Cl)C2)c1. The van der Waals surface area contributed by atoms with Gasteiger partial charge in [0.1, 0.15) is 11.6 Å². The second-order valence-electron chi connectivity index (χ2n) is 6.93. The van der Waals surface area contributed by atoms with Gasteiger partial charge in [0.05, 0.1) is 12.1 Å². The second kappa shape index (κ2) is 9.60. The molecule has 0 spiro atoms. The molecule has 1 aromatic carbocycles. The molecule has 1 aliphatic rings. The lowest BCUT2D eigenvalue weighted by Crippen LogP contribution is -2.36. The molecule has 0 aliphatic carbocycles. The summed E-state index contributed by atoms with van der Waals surface area (Å²) in [6.07, 6.45) is 5.44. The number of halogens is 1. The van der Waals surface area contributed by atoms with Crippen molar-refractivity contribution in [2.24, 2.45) is 5.92 Å². The number of carbonyl (C=O) groups excluding carboxylic acids is 1. The van der Waals surface area contributed by atoms with Crippen LogP contribution >= 0.6 is 11.6 Å². The molecule has 1 N–H and O–H groups in total. The number of pyridine rings is 1. The zero-order valence-corrected chi connectivity index (χ0v) is 16.4. The topological polar surface area (TPSA) is 54.5 Å². The Bertz CT molecular complexity index is 769. The van der Waals surface area contributed by atoms with Gasteiger partial charge < -0.3 is 15.0 Å². The van der Waals surface area contributed by atoms with E-state index < -0.39 is 0 Å². The highest BCUT2D eigenvalue weighted by Crippen LogP contribution is 2.29. The van der Waals surface area contributed by atoms with E-state index in [2.05, 4.69) is 15.2 Å². The molecule has 2 heterocycles. The van der Waals surface area contributed by atoms with Gasteiger partial charge >= 0.3 is 0 Å². The van der Waals surface area contributed by atoms with Crippen molar-refractivity contribution in [2.45, 2.75) is 32.2 Å². The maximum atomic E-state index is 12.2. The third-order valence-corrected chi connectivity index (χ3v) is 5.26. The van der Waals surface area contributed by atoms with Gasteiger partial charge in [-0.05, 0) is 55.0 Å². The molecule has 0 saturated carbocycles. The minimum absolute atomic E-state index is 0.0887. The van der Waals surface area contributed by atoms with E-state index in [0.717, 1.165) is 49.5 Å². The lowest BCUT2D eigenvalue weighted by atomic mass is 9.93. The van der Waals surface area contributed by atoms with Crippen molar-refractivity contribution in [2.75, 3.05) is 25.1 Å². The quantitative estimate of drug-likeness (QED) is 0.778. The number of nitrogens with zero attached hydrogens (tertiary/aromatic N) is 2. The Labute approximate surface area is 165 Å². The Morgan fingerprint density at radius 3 is 3.07 bits per heavy atom. The molecular weight excluding hydrogens is 362 g/mol. The van der Waals surface area contributed by atoms with E-state index in [4.69, 9.17) is 16.3 Å². The average molecular weight is 388 g/mol. The number of hydrogen-bond acceptors (Lipinski definition) is 4. The van der Waals surface area contributed by atoms with Gasteiger partial charge in [0.15, 0.2) is 0 Å². The lowest BCUT2D eigenvalue weighted by Gasteiger charge is -2.34. The van der Waals surface area contributed by atoms with Crippen LogP contribution in [0.1, 0.15) is 31.2 Å². The van der Waals surface area contributed by atoms with Crippen molar-refractivity contribution < 1.29 is 9.53 Å². The fourth-order valence-electron chi connectivity index (χ4n) is 3.51. The van der Waals surface area contributed by atoms with Crippen LogP contribution in [-0.4, -0.2) is 31.1 Å². The molecule has 6 heteroatoms. The van der Waals surface area contributed by atoms with E-state index in [-0.39, 0.29) is 5.91 Å². The molecule has 144 valence electrons. The van der Waals surface area contributed by atoms with Gasteiger partial charge in [0.2, 0.25) is 5.91 Å². The summed E-state index contributed by atoms with van der Waals surface area (Å²) in [6.45, 7) is 2.39. The van der Waals surface area contributed by atoms with Gasteiger partial charge in [-0.25, -0.2) is 4.98 Å². The van der Waals surface area contributed by atoms with Crippen LogP contribution in [0.15, 0.2) is 42.6 Å². The first-order chi connectivity index (χ1) is 13.2. The van der Waals surface area contributed by atoms with Crippen LogP contribution < -0.4 is 15.0 Å². The van der Waals surface area contributed by atoms with E-state index in [1.54, 1.807) is 13.3 Å². The molecule has 27 heavy (non-hydrogen) atoms. The van der Waals surface area contributed by atoms with Crippen molar-refractivity contribution in [1.29, 1.82) is 0 Å². The van der Waals surface area contributed by atoms with E-state index in [9.17, 15) is 4.79 Å². The second-order valence-corrected chi connectivity index (χ2v) is 7.34. The Balaban J connectivity index is 1.45. The molecule has 2 aromatic rings. The monoisotopic (exact) mass is 387 g/mol. The summed E-state index contributed by atoms with van der Waals surface area (Å²) in [5.41, 5.74) is 1.04. The maximum absolute atomic E-state index is 12.2. The molecule has 1 atom stereocenters. The van der Waals surface area contributed by atoms with Crippen LogP contribution in [0.2, 0.25) is 5.02 Å². The lowest BCUT2D eigenvalue weighted by molar-refractivity contribution is -0.121. The molecular formula is C21H26ClN3O2. The molecule has 0 radical (unpaired) electrons. The predicted molar refractivity (Wildman–Crippen MR) is 108 cm³/mol. The summed E-state index contributed by atoms with van der Waals surface area (Å²) in [5.74, 6) is 2.23. The van der Waals surface area contributed by atoms with Gasteiger partial charge in [0.25, 0.3) is 0 Å². The number of piperidine rings is 1. The maximum Gasteiger partial charge on any atom is 0.220 e. The van der Waals surface area contributed by atoms with Gasteiger partial charge in [-0.2, -0.15) is 0 Å². The largest absolute Gasteiger partial charge is 0.497 e. The first kappa shape index (κ1) is 19.5. The number of anilines is 1. The van der Waals surface area contributed by atoms with Crippen LogP contribution in [-0.2, 0) is 11.3 Å². The van der Waals surface area contributed by atoms with Crippen molar-refractivity contribution in [3.8, 4) is 5.75 Å². The van der Waals surface area contributed by atoms with E-state index in [0.29, 0.717) is 23.9 Å². The van der Waals surface area contributed by atoms with Crippen LogP contribution in [0.4, 0.5) is 5.82 Å². The van der Waals surface area contributed by atoms with Crippen LogP contribution in [0.25, 0.3) is 0 Å². The highest BCUT2D eigenvalue weighted by molar-refractivity contribution is 6.32. The molecule has 1 saturated heterocycles. The fourth-order valence-corrected chi connectivity index (χ4v) is 3.75. The minimum atomic E-state index is 0.0887. The third-order valence-electron chi connectivity index (χ3n) is 4.96. The van der Waals surface area contributed by atoms with E-state index >= 15 is 0 Å². The zero-order valence-electron chi connectivity index (χ0n) is 15.7. The summed E-state index contributed by atoms with van der Waals surface area (Å²) in [4.78, 5) is 18.9. The van der Waals surface area contributed by atoms with Gasteiger partial charge in [-0.3, -0.25) is 4.79 Å². The number of methoxy groups -OCH3 is 1. The minimum Gasteiger partial charge on any atom is -0.497 e. The van der Waals surface area contributed by atoms with Crippen molar-refractivity contribution >= 4 is 23.3 Å². The number of nitrogens with one attached hydrogen (secondary N) is 1. The highest BCUT2D eigenvalue weighted by Gasteiger charge is 2.22. The number of amides is 1. The summed E-state index contributed by atoms with van der Waals surface area (Å²) in [7, 11) is 1.64. The van der Waals surface area contributed by atoms with Crippen LogP contribution in [0.5, 0.6) is 5.75 Å². The number of ether oxygens (including phenoxy) is 1. The van der Waals surface area contributed by atoms with E-state index in [1.165, 1.54) is 0 Å². The first-order valence-corrected chi connectivity index (χ1v) is 9.78. The third kappa shape index (κ3) is 5.60. The Morgan fingerprint density at radius 2 is 2.26 bits per heavy atom. The van der Waals surface area contributed by atoms with Crippen molar-refractivity contribution in [3.63, 3.8) is 0 Å². The summed E-state index contributed by atoms with van der Waals surface area (Å²) in [6, 6.07) is 11.5. The van der Waals surface area contributed by atoms with Crippen molar-refractivity contribution in [3.05, 3.63) is 53.2 Å². The zero-order chi connectivity index (χ0) is 19.1. The summed E-state index contributed by atoms with van der Waals surface area (Å²) < 4.78 is 5.21. The summed E-state index contributed by atoms with van der Waals surface area (Å²) >= 11 is 6.28. The molecule has 1 aliphatic heterocycles.